The minimum absolute atomic E-state index is 0.399. The molecule has 0 spiro atoms. The van der Waals surface area contributed by atoms with E-state index < -0.39 is 17.8 Å². The molecule has 8 heteroatoms. The van der Waals surface area contributed by atoms with Gasteiger partial charge < -0.3 is 5.73 Å². The van der Waals surface area contributed by atoms with E-state index in [1.807, 2.05) is 11.0 Å². The van der Waals surface area contributed by atoms with Crippen LogP contribution in [0.4, 0.5) is 14.6 Å². The number of rotatable bonds is 2. The molecule has 2 aromatic rings. The van der Waals surface area contributed by atoms with Crippen molar-refractivity contribution in [3.8, 4) is 0 Å². The van der Waals surface area contributed by atoms with Crippen LogP contribution in [-0.4, -0.2) is 38.5 Å². The molecular weight excluding hydrogens is 332 g/mol. The first-order valence-corrected chi connectivity index (χ1v) is 7.14. The average molecular weight is 344 g/mol. The van der Waals surface area contributed by atoms with Gasteiger partial charge in [0.15, 0.2) is 5.82 Å². The van der Waals surface area contributed by atoms with Gasteiger partial charge in [0.1, 0.15) is 16.4 Å². The number of fused-ring (bicyclic) bond motifs is 2. The molecular formula is C12H12BrF2N5. The van der Waals surface area contributed by atoms with Crippen molar-refractivity contribution in [1.82, 2.24) is 19.5 Å². The van der Waals surface area contributed by atoms with E-state index in [0.717, 1.165) is 15.7 Å². The van der Waals surface area contributed by atoms with Crippen molar-refractivity contribution in [2.75, 3.05) is 18.8 Å². The molecule has 2 aliphatic rings. The normalized spacial score (nSPS) is 27.9. The predicted molar refractivity (Wildman–Crippen MR) is 72.3 cm³/mol. The second kappa shape index (κ2) is 3.88. The summed E-state index contributed by atoms with van der Waals surface area (Å²) in [7, 11) is 0. The first-order valence-electron chi connectivity index (χ1n) is 6.35. The van der Waals surface area contributed by atoms with E-state index in [-0.39, 0.29) is 0 Å². The van der Waals surface area contributed by atoms with Gasteiger partial charge in [-0.25, -0.2) is 18.3 Å². The maximum Gasteiger partial charge on any atom is 0.257 e. The fourth-order valence-corrected chi connectivity index (χ4v) is 3.73. The van der Waals surface area contributed by atoms with Crippen molar-refractivity contribution in [3.05, 3.63) is 22.6 Å². The third-order valence-corrected chi connectivity index (χ3v) is 4.85. The molecule has 0 aromatic carbocycles. The molecule has 2 fully saturated rings. The van der Waals surface area contributed by atoms with Crippen molar-refractivity contribution in [1.29, 1.82) is 0 Å². The SMILES string of the molecule is Nc1ncnn2c(Br)cc(CN3CC4C(C3)C4(F)F)c12. The summed E-state index contributed by atoms with van der Waals surface area (Å²) in [5, 5.41) is 4.12. The lowest BCUT2D eigenvalue weighted by molar-refractivity contribution is 0.0520. The molecule has 3 heterocycles. The number of nitrogens with two attached hydrogens (primary N) is 1. The van der Waals surface area contributed by atoms with Gasteiger partial charge in [0.25, 0.3) is 5.92 Å². The van der Waals surface area contributed by atoms with Crippen molar-refractivity contribution in [2.24, 2.45) is 11.8 Å². The van der Waals surface area contributed by atoms with Crippen LogP contribution in [0.1, 0.15) is 5.56 Å². The Balaban J connectivity index is 1.62. The summed E-state index contributed by atoms with van der Waals surface area (Å²) in [4.78, 5) is 6.03. The van der Waals surface area contributed by atoms with Gasteiger partial charge in [-0.1, -0.05) is 0 Å². The highest BCUT2D eigenvalue weighted by atomic mass is 79.9. The monoisotopic (exact) mass is 343 g/mol. The number of alkyl halides is 2. The van der Waals surface area contributed by atoms with Gasteiger partial charge in [-0.2, -0.15) is 5.10 Å². The lowest BCUT2D eigenvalue weighted by atomic mass is 10.2. The molecule has 0 radical (unpaired) electrons. The second-order valence-corrected chi connectivity index (χ2v) is 6.29. The van der Waals surface area contributed by atoms with Crippen molar-refractivity contribution < 1.29 is 8.78 Å². The number of hydrogen-bond acceptors (Lipinski definition) is 4. The van der Waals surface area contributed by atoms with Crippen LogP contribution >= 0.6 is 15.9 Å². The third kappa shape index (κ3) is 1.61. The molecule has 1 saturated heterocycles. The van der Waals surface area contributed by atoms with Crippen LogP contribution in [0.5, 0.6) is 0 Å². The van der Waals surface area contributed by atoms with Gasteiger partial charge in [0.05, 0.1) is 0 Å². The van der Waals surface area contributed by atoms with Gasteiger partial charge in [0.2, 0.25) is 0 Å². The molecule has 20 heavy (non-hydrogen) atoms. The summed E-state index contributed by atoms with van der Waals surface area (Å²) in [6.45, 7) is 1.48. The minimum Gasteiger partial charge on any atom is -0.382 e. The van der Waals surface area contributed by atoms with Gasteiger partial charge in [-0.15, -0.1) is 0 Å². The maximum absolute atomic E-state index is 13.2. The molecule has 106 valence electrons. The van der Waals surface area contributed by atoms with E-state index in [2.05, 4.69) is 26.0 Å². The largest absolute Gasteiger partial charge is 0.382 e. The van der Waals surface area contributed by atoms with Crippen LogP contribution in [0.25, 0.3) is 5.52 Å². The molecule has 1 saturated carbocycles. The van der Waals surface area contributed by atoms with Gasteiger partial charge in [-0.3, -0.25) is 4.90 Å². The molecule has 2 N–H and O–H groups in total. The number of anilines is 1. The van der Waals surface area contributed by atoms with Crippen molar-refractivity contribution in [3.63, 3.8) is 0 Å². The standard InChI is InChI=1S/C12H12BrF2N5/c13-9-1-6(10-11(16)17-5-18-20(9)10)2-19-3-7-8(4-19)12(7,14)15/h1,5,7-8H,2-4H2,(H2,16,17,18). The second-order valence-electron chi connectivity index (χ2n) is 5.48. The maximum atomic E-state index is 13.2. The third-order valence-electron chi connectivity index (χ3n) is 4.29. The summed E-state index contributed by atoms with van der Waals surface area (Å²) in [5.74, 6) is -2.97. The average Bonchev–Trinajstić information content (AvgIpc) is 2.76. The lowest BCUT2D eigenvalue weighted by Gasteiger charge is -2.18. The van der Waals surface area contributed by atoms with E-state index in [0.29, 0.717) is 25.5 Å². The van der Waals surface area contributed by atoms with Crippen LogP contribution < -0.4 is 5.73 Å². The van der Waals surface area contributed by atoms with Gasteiger partial charge in [0, 0.05) is 31.5 Å². The fourth-order valence-electron chi connectivity index (χ4n) is 3.18. The molecule has 2 unspecified atom stereocenters. The van der Waals surface area contributed by atoms with Crippen molar-refractivity contribution >= 4 is 27.3 Å². The Hall–Kier alpha value is -1.28. The molecule has 4 rings (SSSR count). The zero-order valence-electron chi connectivity index (χ0n) is 10.4. The van der Waals surface area contributed by atoms with Crippen LogP contribution in [0.3, 0.4) is 0 Å². The van der Waals surface area contributed by atoms with E-state index in [1.165, 1.54) is 6.33 Å². The molecule has 1 aliphatic carbocycles. The highest BCUT2D eigenvalue weighted by Crippen LogP contribution is 2.59. The Kier molecular flexibility index (Phi) is 2.42. The molecule has 2 aromatic heterocycles. The first-order chi connectivity index (χ1) is 9.48. The molecule has 0 bridgehead atoms. The first kappa shape index (κ1) is 12.5. The van der Waals surface area contributed by atoms with E-state index in [9.17, 15) is 8.78 Å². The van der Waals surface area contributed by atoms with Gasteiger partial charge >= 0.3 is 0 Å². The molecule has 1 aliphatic heterocycles. The number of nitrogens with zero attached hydrogens (tertiary/aromatic N) is 4. The van der Waals surface area contributed by atoms with Gasteiger partial charge in [-0.05, 0) is 27.6 Å². The van der Waals surface area contributed by atoms with E-state index >= 15 is 0 Å². The Morgan fingerprint density at radius 3 is 2.80 bits per heavy atom. The van der Waals surface area contributed by atoms with E-state index in [1.54, 1.807) is 4.52 Å². The summed E-state index contributed by atoms with van der Waals surface area (Å²) in [5.41, 5.74) is 7.59. The number of piperidine rings is 1. The highest BCUT2D eigenvalue weighted by molar-refractivity contribution is 9.10. The zero-order valence-corrected chi connectivity index (χ0v) is 12.0. The van der Waals surface area contributed by atoms with Crippen LogP contribution in [0.2, 0.25) is 0 Å². The number of nitrogen functional groups attached to an aromatic ring is 1. The number of aromatic nitrogens is 3. The Morgan fingerprint density at radius 1 is 1.40 bits per heavy atom. The predicted octanol–water partition coefficient (Wildman–Crippen LogP) is 1.77. The molecule has 5 nitrogen and oxygen atoms in total. The topological polar surface area (TPSA) is 59.4 Å². The highest BCUT2D eigenvalue weighted by Gasteiger charge is 2.71. The van der Waals surface area contributed by atoms with Crippen LogP contribution in [-0.2, 0) is 6.54 Å². The smallest absolute Gasteiger partial charge is 0.257 e. The minimum atomic E-state index is -2.44. The number of halogens is 3. The Bertz CT molecular complexity index is 686. The zero-order chi connectivity index (χ0) is 14.1. The Labute approximate surface area is 121 Å². The summed E-state index contributed by atoms with van der Waals surface area (Å²) < 4.78 is 28.8. The quantitative estimate of drug-likeness (QED) is 0.902. The Morgan fingerprint density at radius 2 is 2.10 bits per heavy atom. The summed E-state index contributed by atoms with van der Waals surface area (Å²) >= 11 is 3.42. The summed E-state index contributed by atoms with van der Waals surface area (Å²) in [6, 6.07) is 1.92. The van der Waals surface area contributed by atoms with E-state index in [4.69, 9.17) is 5.73 Å². The summed E-state index contributed by atoms with van der Waals surface area (Å²) in [6.07, 6.45) is 1.39. The molecule has 2 atom stereocenters. The number of hydrogen-bond donors (Lipinski definition) is 1. The fraction of sp³-hybridized carbons (Fsp3) is 0.500. The molecule has 0 amide bonds. The lowest BCUT2D eigenvalue weighted by Crippen LogP contribution is -2.27. The van der Waals surface area contributed by atoms with Crippen LogP contribution in [0.15, 0.2) is 17.0 Å². The van der Waals surface area contributed by atoms with Crippen molar-refractivity contribution in [2.45, 2.75) is 12.5 Å². The van der Waals surface area contributed by atoms with Crippen LogP contribution in [0, 0.1) is 11.8 Å². The number of likely N-dealkylation sites (tertiary alicyclic amines) is 1.